The molecule has 2 aromatic rings. The van der Waals surface area contributed by atoms with E-state index in [-0.39, 0.29) is 6.04 Å². The summed E-state index contributed by atoms with van der Waals surface area (Å²) in [5, 5.41) is 1.06. The van der Waals surface area contributed by atoms with E-state index >= 15 is 0 Å². The second-order valence-electron chi connectivity index (χ2n) is 6.62. The van der Waals surface area contributed by atoms with Crippen LogP contribution in [0.15, 0.2) is 23.1 Å². The number of hydrogen-bond acceptors (Lipinski definition) is 2. The lowest BCUT2D eigenvalue weighted by atomic mass is 9.99. The molecule has 1 saturated carbocycles. The highest BCUT2D eigenvalue weighted by atomic mass is 32.2. The molecule has 1 saturated heterocycles. The Hall–Kier alpha value is -1.13. The molecular weight excluding hydrogens is 292 g/mol. The first-order valence-corrected chi connectivity index (χ1v) is 9.65. The maximum atomic E-state index is 12.3. The average molecular weight is 319 g/mol. The van der Waals surface area contributed by atoms with Crippen LogP contribution in [0.1, 0.15) is 47.0 Å². The van der Waals surface area contributed by atoms with Crippen LogP contribution in [0.25, 0.3) is 10.9 Å². The van der Waals surface area contributed by atoms with Gasteiger partial charge in [-0.2, -0.15) is 0 Å². The van der Waals surface area contributed by atoms with Gasteiger partial charge in [0.05, 0.1) is 10.8 Å². The van der Waals surface area contributed by atoms with Crippen LogP contribution in [-0.2, 0) is 17.2 Å². The lowest BCUT2D eigenvalue weighted by molar-refractivity contribution is 0.309. The normalized spacial score (nSPS) is 26.8. The van der Waals surface area contributed by atoms with E-state index in [1.54, 1.807) is 11.2 Å². The molecule has 2 heterocycles. The molecule has 0 radical (unpaired) electrons. The van der Waals surface area contributed by atoms with Gasteiger partial charge in [-0.15, -0.1) is 0 Å². The van der Waals surface area contributed by atoms with Gasteiger partial charge in [0.1, 0.15) is 0 Å². The van der Waals surface area contributed by atoms with Crippen LogP contribution in [0.3, 0.4) is 0 Å². The molecule has 0 bridgehead atoms. The number of rotatable bonds is 4. The number of aromatic amines is 1. The van der Waals surface area contributed by atoms with Gasteiger partial charge in [-0.1, -0.05) is 6.07 Å². The van der Waals surface area contributed by atoms with E-state index in [4.69, 9.17) is 4.11 Å². The van der Waals surface area contributed by atoms with Crippen LogP contribution in [0.2, 0.25) is 0 Å². The molecule has 4 heteroatoms. The molecule has 4 rings (SSSR count). The number of hydrogen-bond donors (Lipinski definition) is 1. The third-order valence-corrected chi connectivity index (χ3v) is 5.99. The lowest BCUT2D eigenvalue weighted by Crippen LogP contribution is -2.27. The van der Waals surface area contributed by atoms with Gasteiger partial charge < -0.3 is 9.88 Å². The van der Waals surface area contributed by atoms with Crippen molar-refractivity contribution in [3.05, 3.63) is 29.5 Å². The summed E-state index contributed by atoms with van der Waals surface area (Å²) < 4.78 is 35.7. The van der Waals surface area contributed by atoms with Crippen molar-refractivity contribution < 1.29 is 8.32 Å². The monoisotopic (exact) mass is 319 g/mol. The summed E-state index contributed by atoms with van der Waals surface area (Å²) in [7, 11) is -1.07. The third-order valence-electron chi connectivity index (χ3n) is 5.03. The van der Waals surface area contributed by atoms with Crippen molar-refractivity contribution in [2.45, 2.75) is 49.0 Å². The average Bonchev–Trinajstić information content (AvgIpc) is 3.15. The van der Waals surface area contributed by atoms with Gasteiger partial charge in [-0.3, -0.25) is 4.21 Å². The molecule has 1 N–H and O–H groups in total. The second-order valence-corrected chi connectivity index (χ2v) is 7.97. The zero-order valence-corrected chi connectivity index (χ0v) is 13.7. The number of aromatic nitrogens is 1. The fourth-order valence-corrected chi connectivity index (χ4v) is 4.55. The molecule has 2 atom stereocenters. The molecule has 0 amide bonds. The predicted octanol–water partition coefficient (Wildman–Crippen LogP) is 3.42. The lowest BCUT2D eigenvalue weighted by Gasteiger charge is -2.20. The number of H-pyrrole nitrogens is 1. The molecule has 22 heavy (non-hydrogen) atoms. The number of nitrogens with zero attached hydrogens (tertiary/aromatic N) is 1. The molecule has 1 aliphatic carbocycles. The summed E-state index contributed by atoms with van der Waals surface area (Å²) in [5.41, 5.74) is 3.47. The van der Waals surface area contributed by atoms with Crippen LogP contribution in [0.5, 0.6) is 0 Å². The van der Waals surface area contributed by atoms with Crippen molar-refractivity contribution in [1.82, 2.24) is 9.88 Å². The standard InChI is InChI=1S/C18H24N2OS/c1-20-10-4-5-13(20)11-14-17-15(19-18(14)12-8-9-12)6-3-7-16(17)22(2)21/h3,6-7,12-13,19H,4-5,8-11H2,1-2H3/t13-,22?/m1/s1/i1D3. The molecule has 3 nitrogen and oxygen atoms in total. The fraction of sp³-hybridized carbons (Fsp3) is 0.556. The molecule has 2 fully saturated rings. The van der Waals surface area contributed by atoms with Crippen molar-refractivity contribution in [1.29, 1.82) is 0 Å². The highest BCUT2D eigenvalue weighted by molar-refractivity contribution is 7.84. The molecule has 1 aromatic carbocycles. The molecule has 0 spiro atoms. The smallest absolute Gasteiger partial charge is 0.0505 e. The molecule has 2 aliphatic rings. The Balaban J connectivity index is 1.80. The Bertz CT molecular complexity index is 826. The summed E-state index contributed by atoms with van der Waals surface area (Å²) >= 11 is 0. The zero-order chi connectivity index (χ0) is 17.8. The van der Waals surface area contributed by atoms with E-state index in [9.17, 15) is 4.21 Å². The first kappa shape index (κ1) is 11.4. The van der Waals surface area contributed by atoms with E-state index < -0.39 is 17.8 Å². The number of likely N-dealkylation sites (N-methyl/N-ethyl adjacent to an activating group) is 1. The van der Waals surface area contributed by atoms with Crippen molar-refractivity contribution in [3.63, 3.8) is 0 Å². The van der Waals surface area contributed by atoms with Crippen LogP contribution in [0, 0.1) is 0 Å². The Kier molecular flexibility index (Phi) is 2.85. The quantitative estimate of drug-likeness (QED) is 0.937. The van der Waals surface area contributed by atoms with E-state index in [1.807, 2.05) is 18.2 Å². The Labute approximate surface area is 138 Å². The number of benzene rings is 1. The maximum Gasteiger partial charge on any atom is 0.0505 e. The number of nitrogens with one attached hydrogen (secondary N) is 1. The van der Waals surface area contributed by atoms with Crippen molar-refractivity contribution in [3.8, 4) is 0 Å². The van der Waals surface area contributed by atoms with E-state index in [0.29, 0.717) is 12.5 Å². The first-order valence-electron chi connectivity index (χ1n) is 9.60. The number of fused-ring (bicyclic) bond motifs is 1. The zero-order valence-electron chi connectivity index (χ0n) is 15.9. The minimum Gasteiger partial charge on any atom is -0.358 e. The number of likely N-dealkylation sites (tertiary alicyclic amines) is 1. The van der Waals surface area contributed by atoms with Gasteiger partial charge >= 0.3 is 0 Å². The largest absolute Gasteiger partial charge is 0.358 e. The Morgan fingerprint density at radius 1 is 1.41 bits per heavy atom. The van der Waals surface area contributed by atoms with Crippen LogP contribution in [-0.4, -0.2) is 39.9 Å². The topological polar surface area (TPSA) is 36.1 Å². The van der Waals surface area contributed by atoms with Crippen molar-refractivity contribution in [2.24, 2.45) is 0 Å². The Morgan fingerprint density at radius 3 is 3.00 bits per heavy atom. The summed E-state index contributed by atoms with van der Waals surface area (Å²) in [6, 6.07) is 5.95. The molecule has 1 unspecified atom stereocenters. The van der Waals surface area contributed by atoms with Gasteiger partial charge in [-0.05, 0) is 69.2 Å². The first-order chi connectivity index (χ1) is 11.9. The van der Waals surface area contributed by atoms with E-state index in [1.165, 1.54) is 24.1 Å². The van der Waals surface area contributed by atoms with Crippen molar-refractivity contribution in [2.75, 3.05) is 19.8 Å². The van der Waals surface area contributed by atoms with Gasteiger partial charge in [0.25, 0.3) is 0 Å². The molecule has 1 aliphatic heterocycles. The van der Waals surface area contributed by atoms with Gasteiger partial charge in [0.15, 0.2) is 0 Å². The second kappa shape index (κ2) is 5.50. The minimum absolute atomic E-state index is 0.0300. The summed E-state index contributed by atoms with van der Waals surface area (Å²) in [4.78, 5) is 6.09. The summed E-state index contributed by atoms with van der Waals surface area (Å²) in [6.45, 7) is -1.40. The van der Waals surface area contributed by atoms with Gasteiger partial charge in [-0.25, -0.2) is 0 Å². The highest BCUT2D eigenvalue weighted by Gasteiger charge is 2.32. The fourth-order valence-electron chi connectivity index (χ4n) is 3.76. The molecule has 1 aromatic heterocycles. The predicted molar refractivity (Wildman–Crippen MR) is 92.0 cm³/mol. The maximum absolute atomic E-state index is 12.3. The third kappa shape index (κ3) is 2.42. The van der Waals surface area contributed by atoms with Crippen LogP contribution >= 0.6 is 0 Å². The SMILES string of the molecule is [2H]C([2H])([2H])N1CCC[C@@H]1Cc1c(C2CC2)[nH]c2cccc(S(C)=O)c12. The van der Waals surface area contributed by atoms with Crippen LogP contribution < -0.4 is 0 Å². The van der Waals surface area contributed by atoms with Gasteiger partial charge in [0.2, 0.25) is 0 Å². The minimum atomic E-state index is -2.04. The summed E-state index contributed by atoms with van der Waals surface area (Å²) in [6.07, 6.45) is 6.63. The Morgan fingerprint density at radius 2 is 2.27 bits per heavy atom. The van der Waals surface area contributed by atoms with E-state index in [0.717, 1.165) is 35.1 Å². The summed E-state index contributed by atoms with van der Waals surface area (Å²) in [5.74, 6) is 0.545. The highest BCUT2D eigenvalue weighted by Crippen LogP contribution is 2.44. The van der Waals surface area contributed by atoms with Crippen molar-refractivity contribution >= 4 is 21.7 Å². The van der Waals surface area contributed by atoms with E-state index in [2.05, 4.69) is 4.98 Å². The van der Waals surface area contributed by atoms with Gasteiger partial charge in [0, 0.05) is 37.9 Å². The molecular formula is C18H24N2OS. The molecule has 118 valence electrons. The van der Waals surface area contributed by atoms with Crippen LogP contribution in [0.4, 0.5) is 0 Å².